The summed E-state index contributed by atoms with van der Waals surface area (Å²) >= 11 is 0. The van der Waals surface area contributed by atoms with E-state index in [1.165, 1.54) is 0 Å². The van der Waals surface area contributed by atoms with Gasteiger partial charge < -0.3 is 14.2 Å². The molecule has 0 bridgehead atoms. The summed E-state index contributed by atoms with van der Waals surface area (Å²) in [5.41, 5.74) is -1.37. The quantitative estimate of drug-likeness (QED) is 0.437. The zero-order valence-corrected chi connectivity index (χ0v) is 12.9. The van der Waals surface area contributed by atoms with Gasteiger partial charge in [0, 0.05) is 0 Å². The third kappa shape index (κ3) is 7.31. The number of hydrogen-bond acceptors (Lipinski definition) is 7. The van der Waals surface area contributed by atoms with E-state index < -0.39 is 51.9 Å². The van der Waals surface area contributed by atoms with Gasteiger partial charge in [-0.1, -0.05) is 6.58 Å². The minimum atomic E-state index is -5.72. The van der Waals surface area contributed by atoms with Crippen LogP contribution in [0.25, 0.3) is 0 Å². The molecular formula is C11H16F2O8S. The minimum Gasteiger partial charge on any atom is -0.455 e. The smallest absolute Gasteiger partial charge is 0.455 e. The minimum absolute atomic E-state index is 0.531. The molecule has 0 aliphatic rings. The van der Waals surface area contributed by atoms with Crippen LogP contribution in [-0.4, -0.2) is 49.2 Å². The first-order valence-electron chi connectivity index (χ1n) is 5.71. The molecule has 22 heavy (non-hydrogen) atoms. The standard InChI is InChI=1S/C11H16F2O8S/c1-7(5-19-9(15)21-10(2,3)4)8(14)20-6-11(12,13)22(16,17)18/h1,5-6H2,2-4H3,(H,16,17,18). The summed E-state index contributed by atoms with van der Waals surface area (Å²) in [6.45, 7) is 5.20. The molecule has 0 aliphatic carbocycles. The van der Waals surface area contributed by atoms with Crippen LogP contribution in [0.5, 0.6) is 0 Å². The highest BCUT2D eigenvalue weighted by Crippen LogP contribution is 2.21. The van der Waals surface area contributed by atoms with Gasteiger partial charge >= 0.3 is 27.5 Å². The molecule has 8 nitrogen and oxygen atoms in total. The number of carbonyl (C=O) groups is 2. The van der Waals surface area contributed by atoms with Crippen molar-refractivity contribution in [3.8, 4) is 0 Å². The Balaban J connectivity index is 4.36. The van der Waals surface area contributed by atoms with Crippen molar-refractivity contribution >= 4 is 22.2 Å². The summed E-state index contributed by atoms with van der Waals surface area (Å²) in [6.07, 6.45) is -1.12. The molecule has 0 radical (unpaired) electrons. The van der Waals surface area contributed by atoms with Gasteiger partial charge in [0.05, 0.1) is 5.57 Å². The first kappa shape index (κ1) is 20.2. The summed E-state index contributed by atoms with van der Waals surface area (Å²) in [4.78, 5) is 22.4. The highest BCUT2D eigenvalue weighted by Gasteiger charge is 2.45. The Hall–Kier alpha value is -1.75. The highest BCUT2D eigenvalue weighted by atomic mass is 32.2. The number of ether oxygens (including phenoxy) is 3. The summed E-state index contributed by atoms with van der Waals surface area (Å²) in [7, 11) is -5.72. The molecule has 0 fully saturated rings. The maximum atomic E-state index is 12.8. The van der Waals surface area contributed by atoms with E-state index >= 15 is 0 Å². The van der Waals surface area contributed by atoms with Gasteiger partial charge in [0.15, 0.2) is 6.61 Å². The second kappa shape index (κ2) is 7.01. The van der Waals surface area contributed by atoms with E-state index in [1.807, 2.05) is 0 Å². The predicted octanol–water partition coefficient (Wildman–Crippen LogP) is 1.52. The van der Waals surface area contributed by atoms with Crippen LogP contribution >= 0.6 is 0 Å². The van der Waals surface area contributed by atoms with Gasteiger partial charge in [-0.2, -0.15) is 17.2 Å². The summed E-state index contributed by atoms with van der Waals surface area (Å²) in [5.74, 6) is -1.42. The number of rotatable bonds is 6. The number of esters is 1. The van der Waals surface area contributed by atoms with Gasteiger partial charge in [-0.15, -0.1) is 0 Å². The largest absolute Gasteiger partial charge is 0.509 e. The molecule has 0 saturated heterocycles. The predicted molar refractivity (Wildman–Crippen MR) is 68.8 cm³/mol. The van der Waals surface area contributed by atoms with Crippen molar-refractivity contribution in [2.75, 3.05) is 13.2 Å². The second-order valence-electron chi connectivity index (χ2n) is 5.05. The lowest BCUT2D eigenvalue weighted by atomic mass is 10.2. The van der Waals surface area contributed by atoms with E-state index in [4.69, 9.17) is 9.29 Å². The van der Waals surface area contributed by atoms with Crippen molar-refractivity contribution in [1.29, 1.82) is 0 Å². The van der Waals surface area contributed by atoms with Crippen LogP contribution in [0.2, 0.25) is 0 Å². The maximum Gasteiger partial charge on any atom is 0.509 e. The summed E-state index contributed by atoms with van der Waals surface area (Å²) < 4.78 is 67.6. The first-order valence-corrected chi connectivity index (χ1v) is 7.15. The molecule has 1 N–H and O–H groups in total. The van der Waals surface area contributed by atoms with Crippen molar-refractivity contribution in [2.45, 2.75) is 31.6 Å². The topological polar surface area (TPSA) is 116 Å². The fourth-order valence-corrected chi connectivity index (χ4v) is 1.02. The van der Waals surface area contributed by atoms with Gasteiger partial charge in [-0.25, -0.2) is 9.59 Å². The molecule has 0 atom stereocenters. The zero-order valence-electron chi connectivity index (χ0n) is 12.1. The molecule has 0 aromatic carbocycles. The molecule has 0 aliphatic heterocycles. The van der Waals surface area contributed by atoms with Crippen LogP contribution < -0.4 is 0 Å². The maximum absolute atomic E-state index is 12.8. The molecule has 0 amide bonds. The van der Waals surface area contributed by atoms with E-state index in [1.54, 1.807) is 20.8 Å². The highest BCUT2D eigenvalue weighted by molar-refractivity contribution is 7.86. The van der Waals surface area contributed by atoms with Crippen LogP contribution in [0.4, 0.5) is 13.6 Å². The normalized spacial score (nSPS) is 12.5. The van der Waals surface area contributed by atoms with Crippen molar-refractivity contribution in [2.24, 2.45) is 0 Å². The molecule has 0 aromatic rings. The van der Waals surface area contributed by atoms with Crippen molar-refractivity contribution in [3.05, 3.63) is 12.2 Å². The number of alkyl halides is 2. The lowest BCUT2D eigenvalue weighted by Gasteiger charge is -2.19. The Kier molecular flexibility index (Phi) is 6.45. The molecule has 0 aromatic heterocycles. The van der Waals surface area contributed by atoms with Gasteiger partial charge in [-0.05, 0) is 20.8 Å². The number of halogens is 2. The first-order chi connectivity index (χ1) is 9.66. The molecule has 0 unspecified atom stereocenters. The van der Waals surface area contributed by atoms with Crippen LogP contribution in [-0.2, 0) is 29.1 Å². The fraction of sp³-hybridized carbons (Fsp3) is 0.636. The second-order valence-corrected chi connectivity index (χ2v) is 6.59. The summed E-state index contributed by atoms with van der Waals surface area (Å²) in [5, 5.41) is -4.66. The average molecular weight is 346 g/mol. The lowest BCUT2D eigenvalue weighted by molar-refractivity contribution is -0.145. The van der Waals surface area contributed by atoms with Crippen molar-refractivity contribution < 1.29 is 45.6 Å². The van der Waals surface area contributed by atoms with Crippen LogP contribution in [0.15, 0.2) is 12.2 Å². The molecule has 11 heteroatoms. The van der Waals surface area contributed by atoms with Crippen LogP contribution in [0, 0.1) is 0 Å². The van der Waals surface area contributed by atoms with Crippen LogP contribution in [0.3, 0.4) is 0 Å². The van der Waals surface area contributed by atoms with E-state index in [-0.39, 0.29) is 0 Å². The number of carbonyl (C=O) groups excluding carboxylic acids is 2. The van der Waals surface area contributed by atoms with Gasteiger partial charge in [0.2, 0.25) is 0 Å². The lowest BCUT2D eigenvalue weighted by Crippen LogP contribution is -2.35. The SMILES string of the molecule is C=C(COC(=O)OC(C)(C)C)C(=O)OCC(F)(F)S(=O)(=O)O. The average Bonchev–Trinajstić information content (AvgIpc) is 2.29. The van der Waals surface area contributed by atoms with Crippen molar-refractivity contribution in [1.82, 2.24) is 0 Å². The van der Waals surface area contributed by atoms with E-state index in [0.29, 0.717) is 0 Å². The Morgan fingerprint density at radius 3 is 2.09 bits per heavy atom. The van der Waals surface area contributed by atoms with Gasteiger partial charge in [-0.3, -0.25) is 4.55 Å². The molecule has 0 saturated carbocycles. The van der Waals surface area contributed by atoms with Gasteiger partial charge in [0.25, 0.3) is 0 Å². The molecule has 0 heterocycles. The Morgan fingerprint density at radius 1 is 1.18 bits per heavy atom. The van der Waals surface area contributed by atoms with E-state index in [0.717, 1.165) is 0 Å². The molecular weight excluding hydrogens is 330 g/mol. The van der Waals surface area contributed by atoms with E-state index in [2.05, 4.69) is 16.1 Å². The van der Waals surface area contributed by atoms with E-state index in [9.17, 15) is 26.8 Å². The van der Waals surface area contributed by atoms with Crippen LogP contribution in [0.1, 0.15) is 20.8 Å². The third-order valence-electron chi connectivity index (χ3n) is 1.79. The molecule has 0 spiro atoms. The Labute approximate surface area is 125 Å². The summed E-state index contributed by atoms with van der Waals surface area (Å²) in [6, 6.07) is 0. The zero-order chi connectivity index (χ0) is 17.8. The molecule has 0 rings (SSSR count). The monoisotopic (exact) mass is 346 g/mol. The Bertz CT molecular complexity index is 547. The molecule has 128 valence electrons. The number of hydrogen-bond donors (Lipinski definition) is 1. The Morgan fingerprint density at radius 2 is 1.68 bits per heavy atom. The third-order valence-corrected chi connectivity index (χ3v) is 2.66. The van der Waals surface area contributed by atoms with Crippen molar-refractivity contribution in [3.63, 3.8) is 0 Å². The van der Waals surface area contributed by atoms with Gasteiger partial charge in [0.1, 0.15) is 12.2 Å². The fourth-order valence-electron chi connectivity index (χ4n) is 0.811.